The predicted molar refractivity (Wildman–Crippen MR) is 103 cm³/mol. The van der Waals surface area contributed by atoms with Crippen LogP contribution >= 0.6 is 11.6 Å². The van der Waals surface area contributed by atoms with Crippen LogP contribution in [0.2, 0.25) is 5.02 Å². The lowest BCUT2D eigenvalue weighted by Gasteiger charge is -2.26. The normalized spacial score (nSPS) is 10.5. The minimum absolute atomic E-state index is 0.123. The average Bonchev–Trinajstić information content (AvgIpc) is 2.62. The van der Waals surface area contributed by atoms with Crippen LogP contribution in [0, 0.1) is 6.92 Å². The van der Waals surface area contributed by atoms with E-state index in [1.807, 2.05) is 51.1 Å². The number of aryl methyl sites for hydroxylation is 1. The summed E-state index contributed by atoms with van der Waals surface area (Å²) >= 11 is 6.08. The van der Waals surface area contributed by atoms with E-state index in [1.165, 1.54) is 12.0 Å². The van der Waals surface area contributed by atoms with Gasteiger partial charge in [0, 0.05) is 23.7 Å². The number of nitrogens with one attached hydrogen (secondary N) is 1. The fraction of sp³-hybridized carbons (Fsp3) is 0.300. The van der Waals surface area contributed by atoms with Gasteiger partial charge in [-0.25, -0.2) is 0 Å². The zero-order chi connectivity index (χ0) is 19.3. The van der Waals surface area contributed by atoms with Gasteiger partial charge in [-0.05, 0) is 38.0 Å². The number of rotatable bonds is 5. The summed E-state index contributed by atoms with van der Waals surface area (Å²) in [5.74, 6) is -0.908. The molecule has 2 amide bonds. The molecule has 0 radical (unpaired) electrons. The Labute approximate surface area is 158 Å². The van der Waals surface area contributed by atoms with Crippen LogP contribution in [0.1, 0.15) is 25.0 Å². The van der Waals surface area contributed by atoms with Gasteiger partial charge in [-0.2, -0.15) is 0 Å². The van der Waals surface area contributed by atoms with Crippen molar-refractivity contribution in [1.29, 1.82) is 0 Å². The van der Waals surface area contributed by atoms with E-state index in [9.17, 15) is 9.59 Å². The Bertz CT molecular complexity index is 791. The van der Waals surface area contributed by atoms with Gasteiger partial charge in [0.2, 0.25) is 0 Å². The first-order valence-electron chi connectivity index (χ1n) is 8.33. The molecule has 0 saturated carbocycles. The fourth-order valence-corrected chi connectivity index (χ4v) is 2.66. The maximum atomic E-state index is 12.7. The number of carbonyl (C=O) groups is 2. The molecule has 2 aromatic rings. The van der Waals surface area contributed by atoms with E-state index >= 15 is 0 Å². The molecule has 138 valence electrons. The number of halogens is 1. The molecule has 0 atom stereocenters. The molecule has 5 nitrogen and oxygen atoms in total. The van der Waals surface area contributed by atoms with Gasteiger partial charge in [0.15, 0.2) is 0 Å². The van der Waals surface area contributed by atoms with E-state index in [4.69, 9.17) is 16.3 Å². The third-order valence-electron chi connectivity index (χ3n) is 4.00. The molecule has 0 aliphatic carbocycles. The fourth-order valence-electron chi connectivity index (χ4n) is 2.51. The summed E-state index contributed by atoms with van der Waals surface area (Å²) in [5, 5.41) is 3.16. The summed E-state index contributed by atoms with van der Waals surface area (Å²) in [6.45, 7) is 5.93. The van der Waals surface area contributed by atoms with Crippen molar-refractivity contribution in [2.75, 3.05) is 12.4 Å². The van der Waals surface area contributed by atoms with E-state index in [2.05, 4.69) is 5.32 Å². The topological polar surface area (TPSA) is 58.6 Å². The third kappa shape index (κ3) is 4.76. The summed E-state index contributed by atoms with van der Waals surface area (Å²) in [6, 6.07) is 12.7. The SMILES string of the molecule is COc1cc(Cl)c(C)cc1NC(=O)C(=O)N(Cc1ccccc1)C(C)C. The van der Waals surface area contributed by atoms with Gasteiger partial charge in [-0.1, -0.05) is 41.9 Å². The molecule has 0 aliphatic rings. The maximum Gasteiger partial charge on any atom is 0.314 e. The van der Waals surface area contributed by atoms with Gasteiger partial charge in [0.1, 0.15) is 5.75 Å². The number of hydrogen-bond donors (Lipinski definition) is 1. The largest absolute Gasteiger partial charge is 0.495 e. The van der Waals surface area contributed by atoms with Crippen molar-refractivity contribution in [3.05, 3.63) is 58.6 Å². The molecule has 0 unspecified atom stereocenters. The number of carbonyl (C=O) groups excluding carboxylic acids is 2. The van der Waals surface area contributed by atoms with Crippen LogP contribution in [0.3, 0.4) is 0 Å². The molecule has 0 bridgehead atoms. The Morgan fingerprint density at radius 2 is 1.85 bits per heavy atom. The second-order valence-electron chi connectivity index (χ2n) is 6.27. The summed E-state index contributed by atoms with van der Waals surface area (Å²) in [6.07, 6.45) is 0. The van der Waals surface area contributed by atoms with Crippen LogP contribution in [0.4, 0.5) is 5.69 Å². The Morgan fingerprint density at radius 3 is 2.42 bits per heavy atom. The zero-order valence-electron chi connectivity index (χ0n) is 15.4. The van der Waals surface area contributed by atoms with Crippen molar-refractivity contribution in [3.63, 3.8) is 0 Å². The van der Waals surface area contributed by atoms with Crippen LogP contribution in [-0.4, -0.2) is 29.9 Å². The minimum atomic E-state index is -0.713. The molecule has 0 fully saturated rings. The summed E-state index contributed by atoms with van der Waals surface area (Å²) in [5.41, 5.74) is 2.15. The smallest absolute Gasteiger partial charge is 0.314 e. The first kappa shape index (κ1) is 19.8. The monoisotopic (exact) mass is 374 g/mol. The number of benzene rings is 2. The molecule has 2 rings (SSSR count). The molecule has 2 aromatic carbocycles. The number of ether oxygens (including phenoxy) is 1. The van der Waals surface area contributed by atoms with Crippen molar-refractivity contribution >= 4 is 29.1 Å². The first-order valence-corrected chi connectivity index (χ1v) is 8.71. The summed E-state index contributed by atoms with van der Waals surface area (Å²) in [4.78, 5) is 26.7. The maximum absolute atomic E-state index is 12.7. The number of anilines is 1. The molecule has 0 saturated heterocycles. The van der Waals surface area contributed by atoms with E-state index in [1.54, 1.807) is 12.1 Å². The van der Waals surface area contributed by atoms with Crippen molar-refractivity contribution < 1.29 is 14.3 Å². The molecule has 0 aromatic heterocycles. The number of amides is 2. The number of hydrogen-bond acceptors (Lipinski definition) is 3. The standard InChI is InChI=1S/C20H23ClN2O3/c1-13(2)23(12-15-8-6-5-7-9-15)20(25)19(24)22-17-10-14(3)16(21)11-18(17)26-4/h5-11,13H,12H2,1-4H3,(H,22,24). The molecule has 1 N–H and O–H groups in total. The van der Waals surface area contributed by atoms with Crippen molar-refractivity contribution in [3.8, 4) is 5.75 Å². The molecular weight excluding hydrogens is 352 g/mol. The molecular formula is C20H23ClN2O3. The Kier molecular flexibility index (Phi) is 6.64. The number of methoxy groups -OCH3 is 1. The highest BCUT2D eigenvalue weighted by atomic mass is 35.5. The highest BCUT2D eigenvalue weighted by Crippen LogP contribution is 2.31. The van der Waals surface area contributed by atoms with Crippen LogP contribution in [0.5, 0.6) is 5.75 Å². The van der Waals surface area contributed by atoms with Gasteiger partial charge in [0.25, 0.3) is 0 Å². The van der Waals surface area contributed by atoms with E-state index in [-0.39, 0.29) is 6.04 Å². The second-order valence-corrected chi connectivity index (χ2v) is 6.68. The van der Waals surface area contributed by atoms with Gasteiger partial charge in [-0.15, -0.1) is 0 Å². The summed E-state index contributed by atoms with van der Waals surface area (Å²) in [7, 11) is 1.48. The van der Waals surface area contributed by atoms with Gasteiger partial charge >= 0.3 is 11.8 Å². The van der Waals surface area contributed by atoms with Crippen LogP contribution in [-0.2, 0) is 16.1 Å². The second kappa shape index (κ2) is 8.72. The average molecular weight is 375 g/mol. The zero-order valence-corrected chi connectivity index (χ0v) is 16.1. The van der Waals surface area contributed by atoms with Crippen molar-refractivity contribution in [2.24, 2.45) is 0 Å². The van der Waals surface area contributed by atoms with Crippen molar-refractivity contribution in [1.82, 2.24) is 4.90 Å². The first-order chi connectivity index (χ1) is 12.3. The van der Waals surface area contributed by atoms with Crippen molar-refractivity contribution in [2.45, 2.75) is 33.4 Å². The minimum Gasteiger partial charge on any atom is -0.495 e. The molecule has 0 aliphatic heterocycles. The molecule has 0 spiro atoms. The Hall–Kier alpha value is -2.53. The van der Waals surface area contributed by atoms with Gasteiger partial charge < -0.3 is 15.0 Å². The van der Waals surface area contributed by atoms with Crippen LogP contribution in [0.25, 0.3) is 0 Å². The molecule has 6 heteroatoms. The quantitative estimate of drug-likeness (QED) is 0.804. The lowest BCUT2D eigenvalue weighted by molar-refractivity contribution is -0.144. The highest BCUT2D eigenvalue weighted by Gasteiger charge is 2.25. The Balaban J connectivity index is 2.19. The predicted octanol–water partition coefficient (Wildman–Crippen LogP) is 4.03. The molecule has 0 heterocycles. The lowest BCUT2D eigenvalue weighted by atomic mass is 10.1. The van der Waals surface area contributed by atoms with Crippen LogP contribution < -0.4 is 10.1 Å². The molecule has 26 heavy (non-hydrogen) atoms. The lowest BCUT2D eigenvalue weighted by Crippen LogP contribution is -2.43. The van der Waals surface area contributed by atoms with E-state index in [0.717, 1.165) is 11.1 Å². The van der Waals surface area contributed by atoms with Crippen LogP contribution in [0.15, 0.2) is 42.5 Å². The third-order valence-corrected chi connectivity index (χ3v) is 4.41. The van der Waals surface area contributed by atoms with E-state index in [0.29, 0.717) is 23.0 Å². The van der Waals surface area contributed by atoms with Gasteiger partial charge in [0.05, 0.1) is 12.8 Å². The van der Waals surface area contributed by atoms with E-state index < -0.39 is 11.8 Å². The Morgan fingerprint density at radius 1 is 1.19 bits per heavy atom. The van der Waals surface area contributed by atoms with Gasteiger partial charge in [-0.3, -0.25) is 9.59 Å². The summed E-state index contributed by atoms with van der Waals surface area (Å²) < 4.78 is 5.24. The number of nitrogens with zero attached hydrogens (tertiary/aromatic N) is 1. The highest BCUT2D eigenvalue weighted by molar-refractivity contribution is 6.39.